The third-order valence-electron chi connectivity index (χ3n) is 1.27. The van der Waals surface area contributed by atoms with Crippen LogP contribution >= 0.6 is 12.2 Å². The zero-order chi connectivity index (χ0) is 9.90. The van der Waals surface area contributed by atoms with Crippen LogP contribution in [0.1, 0.15) is 0 Å². The van der Waals surface area contributed by atoms with Crippen LogP contribution in [0.5, 0.6) is 0 Å². The summed E-state index contributed by atoms with van der Waals surface area (Å²) in [7, 11) is -3.55. The normalized spacial score (nSPS) is 10.0. The first kappa shape index (κ1) is 14.9. The summed E-state index contributed by atoms with van der Waals surface area (Å²) >= 11 is 8.94. The summed E-state index contributed by atoms with van der Waals surface area (Å²) in [6, 6.07) is 7.92. The molecule has 0 spiro atoms. The van der Waals surface area contributed by atoms with E-state index in [1.807, 2.05) is 0 Å². The van der Waals surface area contributed by atoms with Gasteiger partial charge in [-0.15, -0.1) is 0 Å². The maximum absolute atomic E-state index is 11.4. The van der Waals surface area contributed by atoms with E-state index in [-0.39, 0.29) is 60.6 Å². The Morgan fingerprint density at radius 2 is 1.79 bits per heavy atom. The molecule has 0 aliphatic heterocycles. The number of thiocarbonyl (C=S) groups is 1. The van der Waals surface area contributed by atoms with Gasteiger partial charge in [0.2, 0.25) is 0 Å². The maximum atomic E-state index is 11.4. The first-order valence-corrected chi connectivity index (χ1v) is 5.61. The smallest absolute Gasteiger partial charge is 0.410 e. The Labute approximate surface area is 137 Å². The monoisotopic (exact) mass is 271 g/mol. The molecule has 0 aliphatic rings. The van der Waals surface area contributed by atoms with Crippen LogP contribution in [-0.4, -0.2) is 12.7 Å². The van der Waals surface area contributed by atoms with Crippen LogP contribution in [0.25, 0.3) is 0 Å². The van der Waals surface area contributed by atoms with Gasteiger partial charge in [-0.3, -0.25) is 4.72 Å². The van der Waals surface area contributed by atoms with Crippen molar-refractivity contribution in [2.24, 2.45) is 0 Å². The van der Waals surface area contributed by atoms with Gasteiger partial charge in [-0.25, -0.2) is 8.42 Å². The Morgan fingerprint density at radius 3 is 2.21 bits per heavy atom. The number of nitrogens with one attached hydrogen (secondary N) is 1. The summed E-state index contributed by atoms with van der Waals surface area (Å²) in [6.07, 6.45) is 0. The Kier molecular flexibility index (Phi) is 6.91. The quantitative estimate of drug-likeness (QED) is 0.377. The van der Waals surface area contributed by atoms with E-state index in [4.69, 9.17) is 0 Å². The molecule has 1 N–H and O–H groups in total. The Hall–Kier alpha value is 0.916. The molecular weight excluding hydrogens is 265 g/mol. The first-order valence-electron chi connectivity index (χ1n) is 3.31. The second kappa shape index (κ2) is 6.49. The van der Waals surface area contributed by atoms with E-state index >= 15 is 0 Å². The number of sulfonamides is 1. The van der Waals surface area contributed by atoms with Crippen molar-refractivity contribution in [2.45, 2.75) is 4.90 Å². The van der Waals surface area contributed by atoms with Crippen LogP contribution in [0, 0.1) is 0 Å². The molecule has 0 atom stereocenters. The van der Waals surface area contributed by atoms with Gasteiger partial charge in [-0.05, 0) is 12.1 Å². The second-order valence-corrected chi connectivity index (χ2v) is 4.96. The Balaban J connectivity index is 0.00000169. The second-order valence-electron chi connectivity index (χ2n) is 2.21. The molecule has 0 saturated carbocycles. The summed E-state index contributed by atoms with van der Waals surface area (Å²) in [5, 5.41) is 0. The molecule has 0 unspecified atom stereocenters. The van der Waals surface area contributed by atoms with E-state index < -0.39 is 10.0 Å². The third kappa shape index (κ3) is 4.62. The Morgan fingerprint density at radius 1 is 1.29 bits per heavy atom. The standard InChI is InChI=1S/C7H7NO2S3.K/c9-13(10,8-7(11)12)6-4-2-1-3-5-6;/h1-5H,(H2,8,11,12);/q;+1/p-1. The predicted octanol–water partition coefficient (Wildman–Crippen LogP) is -2.20. The van der Waals surface area contributed by atoms with Gasteiger partial charge in [-0.1, -0.05) is 22.5 Å². The average molecular weight is 271 g/mol. The molecule has 1 rings (SSSR count). The van der Waals surface area contributed by atoms with Crippen molar-refractivity contribution in [1.82, 2.24) is 4.72 Å². The molecule has 0 radical (unpaired) electrons. The fourth-order valence-electron chi connectivity index (χ4n) is 0.768. The van der Waals surface area contributed by atoms with Crippen molar-refractivity contribution in [3.63, 3.8) is 0 Å². The van der Waals surface area contributed by atoms with E-state index in [0.717, 1.165) is 0 Å². The molecule has 0 heterocycles. The van der Waals surface area contributed by atoms with E-state index in [1.165, 1.54) is 12.1 Å². The van der Waals surface area contributed by atoms with Gasteiger partial charge in [-0.2, -0.15) is 0 Å². The fraction of sp³-hybridized carbons (Fsp3) is 0. The van der Waals surface area contributed by atoms with E-state index in [9.17, 15) is 8.42 Å². The zero-order valence-corrected chi connectivity index (χ0v) is 13.0. The molecule has 14 heavy (non-hydrogen) atoms. The van der Waals surface area contributed by atoms with Crippen LogP contribution in [0.3, 0.4) is 0 Å². The molecule has 0 aliphatic carbocycles. The van der Waals surface area contributed by atoms with Crippen LogP contribution in [-0.2, 0) is 22.7 Å². The van der Waals surface area contributed by atoms with E-state index in [0.29, 0.717) is 0 Å². The molecule has 0 saturated heterocycles. The van der Waals surface area contributed by atoms with Crippen LogP contribution < -0.4 is 56.1 Å². The van der Waals surface area contributed by atoms with Crippen molar-refractivity contribution in [3.05, 3.63) is 30.3 Å². The van der Waals surface area contributed by atoms with Crippen molar-refractivity contribution < 1.29 is 59.8 Å². The predicted molar refractivity (Wildman–Crippen MR) is 56.7 cm³/mol. The van der Waals surface area contributed by atoms with Gasteiger partial charge in [0.15, 0.2) is 0 Å². The average Bonchev–Trinajstić information content (AvgIpc) is 2.04. The minimum Gasteiger partial charge on any atom is -0.410 e. The summed E-state index contributed by atoms with van der Waals surface area (Å²) in [5.74, 6) is 0. The van der Waals surface area contributed by atoms with Gasteiger partial charge in [0.25, 0.3) is 10.0 Å². The molecule has 0 bridgehead atoms. The summed E-state index contributed by atoms with van der Waals surface area (Å²) in [6.45, 7) is 0. The molecule has 0 amide bonds. The number of hydrogen-bond donors (Lipinski definition) is 1. The maximum Gasteiger partial charge on any atom is 1.00 e. The van der Waals surface area contributed by atoms with Gasteiger partial charge < -0.3 is 24.8 Å². The first-order chi connectivity index (χ1) is 6.02. The van der Waals surface area contributed by atoms with Crippen molar-refractivity contribution in [1.29, 1.82) is 0 Å². The molecule has 1 aromatic rings. The summed E-state index contributed by atoms with van der Waals surface area (Å²) < 4.78 is 24.6. The molecule has 70 valence electrons. The SMILES string of the molecule is O=S(=O)(NC(=S)[S-])c1ccccc1.[K+]. The molecule has 1 aromatic carbocycles. The summed E-state index contributed by atoms with van der Waals surface area (Å²) in [5.41, 5.74) is 0. The number of hydrogen-bond acceptors (Lipinski definition) is 4. The summed E-state index contributed by atoms with van der Waals surface area (Å²) in [4.78, 5) is 0.155. The van der Waals surface area contributed by atoms with Crippen LogP contribution in [0.4, 0.5) is 0 Å². The third-order valence-corrected chi connectivity index (χ3v) is 3.10. The van der Waals surface area contributed by atoms with Gasteiger partial charge >= 0.3 is 51.4 Å². The Bertz CT molecular complexity index is 404. The van der Waals surface area contributed by atoms with E-state index in [1.54, 1.807) is 18.2 Å². The number of benzene rings is 1. The van der Waals surface area contributed by atoms with Crippen molar-refractivity contribution in [3.8, 4) is 0 Å². The molecule has 0 aromatic heterocycles. The van der Waals surface area contributed by atoms with Gasteiger partial charge in [0.1, 0.15) is 0 Å². The number of rotatable bonds is 2. The van der Waals surface area contributed by atoms with Crippen LogP contribution in [0.2, 0.25) is 0 Å². The van der Waals surface area contributed by atoms with E-state index in [2.05, 4.69) is 29.6 Å². The topological polar surface area (TPSA) is 46.2 Å². The molecular formula is C7H6KNO2S3. The fourth-order valence-corrected chi connectivity index (χ4v) is 2.28. The molecule has 7 heteroatoms. The molecule has 3 nitrogen and oxygen atoms in total. The molecule has 0 fully saturated rings. The van der Waals surface area contributed by atoms with Gasteiger partial charge in [0.05, 0.1) is 4.90 Å². The van der Waals surface area contributed by atoms with Crippen molar-refractivity contribution >= 4 is 39.2 Å². The van der Waals surface area contributed by atoms with Crippen LogP contribution in [0.15, 0.2) is 35.2 Å². The van der Waals surface area contributed by atoms with Crippen molar-refractivity contribution in [2.75, 3.05) is 0 Å². The zero-order valence-electron chi connectivity index (χ0n) is 7.43. The minimum atomic E-state index is -3.55. The minimum absolute atomic E-state index is 0. The largest absolute Gasteiger partial charge is 1.00 e. The van der Waals surface area contributed by atoms with Gasteiger partial charge in [0, 0.05) is 0 Å².